The topological polar surface area (TPSA) is 0 Å². The molecule has 0 unspecified atom stereocenters. The Bertz CT molecular complexity index is 54.3. The van der Waals surface area contributed by atoms with E-state index < -0.39 is 14.7 Å². The Morgan fingerprint density at radius 1 is 1.33 bits per heavy atom. The summed E-state index contributed by atoms with van der Waals surface area (Å²) in [5.74, 6) is 0. The molecule has 0 fully saturated rings. The third-order valence-electron chi connectivity index (χ3n) is 0.231. The van der Waals surface area contributed by atoms with E-state index in [-0.39, 0.29) is 4.91 Å². The molecule has 0 N–H and O–H groups in total. The Labute approximate surface area is 37.5 Å². The van der Waals surface area contributed by atoms with Crippen LogP contribution in [0.5, 0.6) is 0 Å². The van der Waals surface area contributed by atoms with Gasteiger partial charge in [0.05, 0.1) is 0 Å². The molecule has 0 aliphatic carbocycles. The minimum atomic E-state index is -5.78. The third-order valence-corrected chi connectivity index (χ3v) is 1.20. The Morgan fingerprint density at radius 3 is 1.50 bits per heavy atom. The maximum absolute atomic E-state index is 10.9. The summed E-state index contributed by atoms with van der Waals surface area (Å²) in [6, 6.07) is 0. The van der Waals surface area contributed by atoms with Gasteiger partial charge in [-0.05, 0) is 0 Å². The first-order valence-corrected chi connectivity index (χ1v) is 4.85. The molecule has 0 aromatic rings. The van der Waals surface area contributed by atoms with E-state index in [2.05, 4.69) is 6.58 Å². The van der Waals surface area contributed by atoms with Crippen LogP contribution in [0.15, 0.2) is 11.5 Å². The second-order valence-electron chi connectivity index (χ2n) is 0.746. The van der Waals surface area contributed by atoms with Gasteiger partial charge < -0.3 is 0 Å². The van der Waals surface area contributed by atoms with Crippen LogP contribution in [0.3, 0.4) is 0 Å². The molecule has 36 valence electrons. The average molecular weight is 157 g/mol. The molecule has 0 saturated heterocycles. The van der Waals surface area contributed by atoms with E-state index in [0.29, 0.717) is 0 Å². The van der Waals surface area contributed by atoms with Gasteiger partial charge in [-0.2, -0.15) is 0 Å². The van der Waals surface area contributed by atoms with Crippen molar-refractivity contribution in [1.29, 1.82) is 0 Å². The van der Waals surface area contributed by atoms with Crippen molar-refractivity contribution in [2.24, 2.45) is 0 Å². The van der Waals surface area contributed by atoms with Crippen LogP contribution in [0.25, 0.3) is 0 Å². The molecule has 0 spiro atoms. The van der Waals surface area contributed by atoms with Crippen molar-refractivity contribution in [1.82, 2.24) is 0 Å². The number of rotatable bonds is 1. The zero-order valence-electron chi connectivity index (χ0n) is 2.92. The van der Waals surface area contributed by atoms with Gasteiger partial charge in [-0.25, -0.2) is 0 Å². The van der Waals surface area contributed by atoms with Gasteiger partial charge >= 0.3 is 36.6 Å². The fourth-order valence-electron chi connectivity index (χ4n) is 0. The van der Waals surface area contributed by atoms with Gasteiger partial charge in [0.1, 0.15) is 0 Å². The second-order valence-corrected chi connectivity index (χ2v) is 3.87. The summed E-state index contributed by atoms with van der Waals surface area (Å²) < 4.78 is 32.6. The zero-order valence-corrected chi connectivity index (χ0v) is 5.02. The Balaban J connectivity index is 3.45. The average Bonchev–Trinajstić information content (AvgIpc) is 1.35. The molecule has 4 heteroatoms. The van der Waals surface area contributed by atoms with Crippen LogP contribution in [0.2, 0.25) is 0 Å². The van der Waals surface area contributed by atoms with Crippen molar-refractivity contribution < 1.29 is 10.5 Å². The zero-order chi connectivity index (χ0) is 5.21. The van der Waals surface area contributed by atoms with Crippen molar-refractivity contribution in [2.45, 2.75) is 0 Å². The van der Waals surface area contributed by atoms with E-state index in [1.807, 2.05) is 0 Å². The molecule has 0 atom stereocenters. The fourth-order valence-corrected chi connectivity index (χ4v) is 0. The number of hydrogen-bond donors (Lipinski definition) is 0. The Kier molecular flexibility index (Phi) is 1.70. The summed E-state index contributed by atoms with van der Waals surface area (Å²) in [7, 11) is 0. The van der Waals surface area contributed by atoms with Crippen LogP contribution in [0, 0.1) is 0 Å². The molecule has 0 aromatic carbocycles. The van der Waals surface area contributed by atoms with E-state index >= 15 is 0 Å². The molecule has 0 bridgehead atoms. The summed E-state index contributed by atoms with van der Waals surface area (Å²) >= 11 is -5.78. The van der Waals surface area contributed by atoms with Gasteiger partial charge in [-0.3, -0.25) is 0 Å². The van der Waals surface area contributed by atoms with E-state index in [0.717, 1.165) is 0 Å². The van der Waals surface area contributed by atoms with Gasteiger partial charge in [-0.15, -0.1) is 0 Å². The van der Waals surface area contributed by atoms with Crippen LogP contribution in [0.1, 0.15) is 0 Å². The molecule has 0 aliphatic rings. The van der Waals surface area contributed by atoms with Gasteiger partial charge in [0.2, 0.25) is 0 Å². The molecular weight excluding hydrogens is 154 g/mol. The first-order valence-electron chi connectivity index (χ1n) is 1.26. The van der Waals surface area contributed by atoms with E-state index in [4.69, 9.17) is 0 Å². The Morgan fingerprint density at radius 2 is 1.50 bits per heavy atom. The maximum atomic E-state index is 10.9. The Hall–Kier alpha value is 0.0729. The fraction of sp³-hybridized carbons (Fsp3) is 0. The molecule has 0 heterocycles. The predicted octanol–water partition coefficient (Wildman–Crippen LogP) is 1.56. The van der Waals surface area contributed by atoms with E-state index in [9.17, 15) is 10.5 Å². The van der Waals surface area contributed by atoms with E-state index in [1.54, 1.807) is 0 Å². The van der Waals surface area contributed by atoms with Gasteiger partial charge in [-0.1, -0.05) is 0 Å². The van der Waals surface area contributed by atoms with Gasteiger partial charge in [0, 0.05) is 0 Å². The quantitative estimate of drug-likeness (QED) is 0.506. The summed E-state index contributed by atoms with van der Waals surface area (Å²) in [5.41, 5.74) is 0. The summed E-state index contributed by atoms with van der Waals surface area (Å²) in [6.07, 6.45) is 0. The molecule has 0 nitrogen and oxygen atoms in total. The summed E-state index contributed by atoms with van der Waals surface area (Å²) in [6.45, 7) is 2.59. The van der Waals surface area contributed by atoms with Crippen LogP contribution < -0.4 is 0 Å². The number of halogens is 3. The summed E-state index contributed by atoms with van der Waals surface area (Å²) in [4.78, 5) is 0.125. The normalized spacial score (nSPS) is 11.2. The van der Waals surface area contributed by atoms with E-state index in [1.165, 1.54) is 0 Å². The SMILES string of the molecule is C=[CH][Ge]([F])([F])[F]. The van der Waals surface area contributed by atoms with Crippen LogP contribution in [-0.4, -0.2) is 14.7 Å². The van der Waals surface area contributed by atoms with Crippen molar-refractivity contribution in [3.05, 3.63) is 11.5 Å². The number of hydrogen-bond acceptors (Lipinski definition) is 0. The first-order chi connectivity index (χ1) is 2.56. The standard InChI is InChI=1S/C2H3F3Ge/c1-2-6(3,4)5/h2H,1H2. The van der Waals surface area contributed by atoms with Gasteiger partial charge in [0.25, 0.3) is 0 Å². The van der Waals surface area contributed by atoms with Crippen molar-refractivity contribution in [3.8, 4) is 0 Å². The van der Waals surface area contributed by atoms with Crippen molar-refractivity contribution >= 4 is 14.7 Å². The molecule has 0 radical (unpaired) electrons. The van der Waals surface area contributed by atoms with Crippen LogP contribution in [0.4, 0.5) is 10.5 Å². The van der Waals surface area contributed by atoms with Crippen molar-refractivity contribution in [3.63, 3.8) is 0 Å². The molecule has 0 aliphatic heterocycles. The molecule has 0 rings (SSSR count). The molecule has 0 aromatic heterocycles. The molecular formula is C2H3F3Ge. The molecule has 0 amide bonds. The van der Waals surface area contributed by atoms with Gasteiger partial charge in [0.15, 0.2) is 0 Å². The third kappa shape index (κ3) is 4.07. The molecule has 6 heavy (non-hydrogen) atoms. The van der Waals surface area contributed by atoms with Crippen LogP contribution >= 0.6 is 0 Å². The van der Waals surface area contributed by atoms with Crippen LogP contribution in [-0.2, 0) is 0 Å². The monoisotopic (exact) mass is 158 g/mol. The molecule has 0 saturated carbocycles. The first kappa shape index (κ1) is 6.07. The minimum absolute atomic E-state index is 0.125. The van der Waals surface area contributed by atoms with Crippen molar-refractivity contribution in [2.75, 3.05) is 0 Å². The predicted molar refractivity (Wildman–Crippen MR) is 19.3 cm³/mol. The second kappa shape index (κ2) is 1.68. The summed E-state index contributed by atoms with van der Waals surface area (Å²) in [5, 5.41) is 0.